The van der Waals surface area contributed by atoms with Crippen LogP contribution in [-0.2, 0) is 22.7 Å². The standard InChI is InChI=1S/C20H19F3N2O5/c21-20(22,23)11-28-10-14-3-1-13(2-4-14)8-24-18(26)9-25-19(27)15-5-6-16-17(7-15)30-12-29-16/h1-7H,8-12H2,(H,24,26)(H,25,27). The lowest BCUT2D eigenvalue weighted by Gasteiger charge is -2.09. The van der Waals surface area contributed by atoms with Crippen LogP contribution in [0.1, 0.15) is 21.5 Å². The highest BCUT2D eigenvalue weighted by Gasteiger charge is 2.27. The minimum atomic E-state index is -4.36. The molecule has 0 unspecified atom stereocenters. The van der Waals surface area contributed by atoms with Gasteiger partial charge in [0.05, 0.1) is 13.2 Å². The van der Waals surface area contributed by atoms with Gasteiger partial charge in [0.25, 0.3) is 5.91 Å². The molecule has 7 nitrogen and oxygen atoms in total. The molecule has 0 aromatic heterocycles. The number of benzene rings is 2. The van der Waals surface area contributed by atoms with Crippen LogP contribution in [0.25, 0.3) is 0 Å². The van der Waals surface area contributed by atoms with Crippen LogP contribution in [0, 0.1) is 0 Å². The number of ether oxygens (including phenoxy) is 3. The Hall–Kier alpha value is -3.27. The SMILES string of the molecule is O=C(CNC(=O)c1ccc2c(c1)OCO2)NCc1ccc(COCC(F)(F)F)cc1. The zero-order valence-corrected chi connectivity index (χ0v) is 15.8. The van der Waals surface area contributed by atoms with E-state index in [0.717, 1.165) is 5.56 Å². The van der Waals surface area contributed by atoms with Crippen molar-refractivity contribution >= 4 is 11.8 Å². The topological polar surface area (TPSA) is 85.9 Å². The highest BCUT2D eigenvalue weighted by atomic mass is 19.4. The average molecular weight is 424 g/mol. The van der Waals surface area contributed by atoms with Gasteiger partial charge >= 0.3 is 6.18 Å². The Kier molecular flexibility index (Phi) is 6.78. The van der Waals surface area contributed by atoms with Crippen molar-refractivity contribution in [2.75, 3.05) is 19.9 Å². The monoisotopic (exact) mass is 424 g/mol. The Morgan fingerprint density at radius 3 is 2.40 bits per heavy atom. The minimum Gasteiger partial charge on any atom is -0.454 e. The van der Waals surface area contributed by atoms with Crippen LogP contribution in [0.5, 0.6) is 11.5 Å². The van der Waals surface area contributed by atoms with Crippen LogP contribution < -0.4 is 20.1 Å². The quantitative estimate of drug-likeness (QED) is 0.680. The van der Waals surface area contributed by atoms with Crippen LogP contribution in [0.3, 0.4) is 0 Å². The fourth-order valence-electron chi connectivity index (χ4n) is 2.60. The van der Waals surface area contributed by atoms with Gasteiger partial charge in [-0.2, -0.15) is 13.2 Å². The van der Waals surface area contributed by atoms with E-state index in [-0.39, 0.29) is 32.4 Å². The molecule has 30 heavy (non-hydrogen) atoms. The highest BCUT2D eigenvalue weighted by Crippen LogP contribution is 2.32. The summed E-state index contributed by atoms with van der Waals surface area (Å²) in [5.74, 6) is 0.218. The second-order valence-electron chi connectivity index (χ2n) is 6.45. The molecule has 0 fully saturated rings. The van der Waals surface area contributed by atoms with E-state index in [9.17, 15) is 22.8 Å². The molecule has 1 aliphatic rings. The van der Waals surface area contributed by atoms with Crippen molar-refractivity contribution in [3.63, 3.8) is 0 Å². The second-order valence-corrected chi connectivity index (χ2v) is 6.45. The molecule has 2 aromatic carbocycles. The van der Waals surface area contributed by atoms with Gasteiger partial charge in [0.2, 0.25) is 12.7 Å². The van der Waals surface area contributed by atoms with E-state index in [2.05, 4.69) is 15.4 Å². The number of rotatable bonds is 8. The molecule has 0 bridgehead atoms. The molecular weight excluding hydrogens is 405 g/mol. The van der Waals surface area contributed by atoms with Crippen molar-refractivity contribution in [3.05, 3.63) is 59.2 Å². The molecule has 10 heteroatoms. The Morgan fingerprint density at radius 2 is 1.67 bits per heavy atom. The molecule has 2 amide bonds. The largest absolute Gasteiger partial charge is 0.454 e. The van der Waals surface area contributed by atoms with E-state index in [0.29, 0.717) is 22.6 Å². The summed E-state index contributed by atoms with van der Waals surface area (Å²) in [7, 11) is 0. The molecule has 1 heterocycles. The first-order valence-electron chi connectivity index (χ1n) is 8.97. The summed E-state index contributed by atoms with van der Waals surface area (Å²) < 4.78 is 51.1. The third-order valence-electron chi connectivity index (χ3n) is 4.09. The second kappa shape index (κ2) is 9.49. The van der Waals surface area contributed by atoms with Crippen molar-refractivity contribution < 1.29 is 37.0 Å². The first kappa shape index (κ1) is 21.4. The van der Waals surface area contributed by atoms with Crippen LogP contribution in [0.15, 0.2) is 42.5 Å². The number of carbonyl (C=O) groups excluding carboxylic acids is 2. The van der Waals surface area contributed by atoms with E-state index in [1.807, 2.05) is 0 Å². The first-order valence-corrected chi connectivity index (χ1v) is 8.97. The summed E-state index contributed by atoms with van der Waals surface area (Å²) >= 11 is 0. The van der Waals surface area contributed by atoms with Gasteiger partial charge < -0.3 is 24.8 Å². The van der Waals surface area contributed by atoms with Gasteiger partial charge in [-0.25, -0.2) is 0 Å². The van der Waals surface area contributed by atoms with Gasteiger partial charge in [-0.3, -0.25) is 9.59 Å². The summed E-state index contributed by atoms with van der Waals surface area (Å²) in [6.07, 6.45) is -4.36. The Labute approximate surface area is 170 Å². The van der Waals surface area contributed by atoms with Crippen molar-refractivity contribution in [1.82, 2.24) is 10.6 Å². The molecule has 3 rings (SSSR count). The maximum absolute atomic E-state index is 12.1. The molecule has 0 saturated carbocycles. The zero-order chi connectivity index (χ0) is 21.6. The predicted octanol–water partition coefficient (Wildman–Crippen LogP) is 2.54. The lowest BCUT2D eigenvalue weighted by Crippen LogP contribution is -2.36. The summed E-state index contributed by atoms with van der Waals surface area (Å²) in [6, 6.07) is 11.3. The molecule has 0 spiro atoms. The summed E-state index contributed by atoms with van der Waals surface area (Å²) in [4.78, 5) is 24.1. The van der Waals surface area contributed by atoms with Gasteiger partial charge in [0.1, 0.15) is 6.61 Å². The maximum Gasteiger partial charge on any atom is 0.411 e. The van der Waals surface area contributed by atoms with Crippen LogP contribution in [-0.4, -0.2) is 37.9 Å². The molecular formula is C20H19F3N2O5. The number of hydrogen-bond acceptors (Lipinski definition) is 5. The average Bonchev–Trinajstić information content (AvgIpc) is 3.18. The highest BCUT2D eigenvalue weighted by molar-refractivity contribution is 5.97. The number of halogens is 3. The fourth-order valence-corrected chi connectivity index (χ4v) is 2.60. The van der Waals surface area contributed by atoms with E-state index >= 15 is 0 Å². The van der Waals surface area contributed by atoms with Gasteiger partial charge in [-0.1, -0.05) is 24.3 Å². The van der Waals surface area contributed by atoms with E-state index < -0.39 is 18.7 Å². The van der Waals surface area contributed by atoms with Crippen molar-refractivity contribution in [1.29, 1.82) is 0 Å². The van der Waals surface area contributed by atoms with Gasteiger partial charge in [-0.15, -0.1) is 0 Å². The first-order chi connectivity index (χ1) is 14.3. The smallest absolute Gasteiger partial charge is 0.411 e. The molecule has 1 aliphatic heterocycles. The van der Waals surface area contributed by atoms with Crippen LogP contribution >= 0.6 is 0 Å². The number of nitrogens with one attached hydrogen (secondary N) is 2. The minimum absolute atomic E-state index is 0.102. The molecule has 0 saturated heterocycles. The van der Waals surface area contributed by atoms with Gasteiger partial charge in [0, 0.05) is 12.1 Å². The van der Waals surface area contributed by atoms with Crippen LogP contribution in [0.4, 0.5) is 13.2 Å². The van der Waals surface area contributed by atoms with Crippen molar-refractivity contribution in [3.8, 4) is 11.5 Å². The molecule has 0 atom stereocenters. The van der Waals surface area contributed by atoms with Gasteiger partial charge in [0.15, 0.2) is 11.5 Å². The Morgan fingerprint density at radius 1 is 0.967 bits per heavy atom. The molecule has 0 radical (unpaired) electrons. The summed E-state index contributed by atoms with van der Waals surface area (Å²) in [5.41, 5.74) is 1.69. The third kappa shape index (κ3) is 6.38. The lowest BCUT2D eigenvalue weighted by atomic mass is 10.1. The number of hydrogen-bond donors (Lipinski definition) is 2. The van der Waals surface area contributed by atoms with Crippen molar-refractivity contribution in [2.24, 2.45) is 0 Å². The Bertz CT molecular complexity index is 900. The number of carbonyl (C=O) groups is 2. The number of fused-ring (bicyclic) bond motifs is 1. The normalized spacial score (nSPS) is 12.5. The molecule has 2 N–H and O–H groups in total. The number of alkyl halides is 3. The predicted molar refractivity (Wildman–Crippen MR) is 98.9 cm³/mol. The molecule has 0 aliphatic carbocycles. The van der Waals surface area contributed by atoms with E-state index in [4.69, 9.17) is 9.47 Å². The molecule has 2 aromatic rings. The maximum atomic E-state index is 12.1. The summed E-state index contributed by atoms with van der Waals surface area (Å²) in [6.45, 7) is -1.36. The molecule has 160 valence electrons. The van der Waals surface area contributed by atoms with E-state index in [1.54, 1.807) is 36.4 Å². The van der Waals surface area contributed by atoms with Gasteiger partial charge in [-0.05, 0) is 29.3 Å². The zero-order valence-electron chi connectivity index (χ0n) is 15.8. The van der Waals surface area contributed by atoms with Crippen LogP contribution in [0.2, 0.25) is 0 Å². The third-order valence-corrected chi connectivity index (χ3v) is 4.09. The van der Waals surface area contributed by atoms with E-state index in [1.165, 1.54) is 6.07 Å². The Balaban J connectivity index is 1.38. The fraction of sp³-hybridized carbons (Fsp3) is 0.300. The number of amides is 2. The summed E-state index contributed by atoms with van der Waals surface area (Å²) in [5, 5.41) is 5.17. The van der Waals surface area contributed by atoms with Crippen molar-refractivity contribution in [2.45, 2.75) is 19.3 Å². The lowest BCUT2D eigenvalue weighted by molar-refractivity contribution is -0.176.